The summed E-state index contributed by atoms with van der Waals surface area (Å²) in [5.41, 5.74) is 2.36. The molecule has 0 bridgehead atoms. The van der Waals surface area contributed by atoms with Gasteiger partial charge in [0.1, 0.15) is 5.75 Å². The molecule has 0 saturated carbocycles. The molecule has 1 amide bonds. The molecule has 0 aliphatic carbocycles. The molecule has 3 rings (SSSR count). The number of aromatic nitrogens is 1. The molecule has 0 N–H and O–H groups in total. The standard InChI is InChI=1S/C20H25N3O2/c1-17-4-2-5-19(16-17)25-15-3-6-20(24)23-13-11-22(12-14-23)18-7-9-21-10-8-18/h2,4-5,7-10,16H,3,6,11-15H2,1H3. The average Bonchev–Trinajstić information content (AvgIpc) is 2.66. The van der Waals surface area contributed by atoms with Crippen molar-refractivity contribution in [2.75, 3.05) is 37.7 Å². The van der Waals surface area contributed by atoms with Crippen LogP contribution in [0.1, 0.15) is 18.4 Å². The maximum Gasteiger partial charge on any atom is 0.222 e. The van der Waals surface area contributed by atoms with Gasteiger partial charge in [-0.2, -0.15) is 0 Å². The summed E-state index contributed by atoms with van der Waals surface area (Å²) in [6, 6.07) is 12.0. The van der Waals surface area contributed by atoms with E-state index >= 15 is 0 Å². The quantitative estimate of drug-likeness (QED) is 0.759. The van der Waals surface area contributed by atoms with Gasteiger partial charge in [-0.05, 0) is 43.2 Å². The Labute approximate surface area is 149 Å². The van der Waals surface area contributed by atoms with E-state index in [2.05, 4.69) is 9.88 Å². The number of carbonyl (C=O) groups is 1. The van der Waals surface area contributed by atoms with Crippen LogP contribution in [-0.2, 0) is 4.79 Å². The van der Waals surface area contributed by atoms with Crippen LogP contribution in [0.2, 0.25) is 0 Å². The normalized spacial score (nSPS) is 14.4. The maximum absolute atomic E-state index is 12.3. The van der Waals surface area contributed by atoms with E-state index in [1.807, 2.05) is 48.2 Å². The fourth-order valence-electron chi connectivity index (χ4n) is 3.05. The minimum Gasteiger partial charge on any atom is -0.494 e. The summed E-state index contributed by atoms with van der Waals surface area (Å²) in [6.07, 6.45) is 4.90. The topological polar surface area (TPSA) is 45.7 Å². The Morgan fingerprint density at radius 2 is 1.88 bits per heavy atom. The van der Waals surface area contributed by atoms with Crippen molar-refractivity contribution in [1.29, 1.82) is 0 Å². The van der Waals surface area contributed by atoms with E-state index in [0.29, 0.717) is 13.0 Å². The first kappa shape index (κ1) is 17.3. The molecule has 132 valence electrons. The number of piperazine rings is 1. The van der Waals surface area contributed by atoms with Gasteiger partial charge < -0.3 is 14.5 Å². The second-order valence-electron chi connectivity index (χ2n) is 6.34. The number of aryl methyl sites for hydroxylation is 1. The van der Waals surface area contributed by atoms with E-state index in [4.69, 9.17) is 4.74 Å². The van der Waals surface area contributed by atoms with Crippen molar-refractivity contribution < 1.29 is 9.53 Å². The number of pyridine rings is 1. The molecule has 0 atom stereocenters. The van der Waals surface area contributed by atoms with Crippen LogP contribution in [0.4, 0.5) is 5.69 Å². The summed E-state index contributed by atoms with van der Waals surface area (Å²) >= 11 is 0. The van der Waals surface area contributed by atoms with Crippen LogP contribution in [0.25, 0.3) is 0 Å². The Morgan fingerprint density at radius 1 is 1.12 bits per heavy atom. The van der Waals surface area contributed by atoms with Crippen LogP contribution >= 0.6 is 0 Å². The van der Waals surface area contributed by atoms with Gasteiger partial charge in [0.25, 0.3) is 0 Å². The molecule has 5 nitrogen and oxygen atoms in total. The minimum atomic E-state index is 0.224. The minimum absolute atomic E-state index is 0.224. The van der Waals surface area contributed by atoms with Gasteiger partial charge >= 0.3 is 0 Å². The molecule has 1 aromatic heterocycles. The lowest BCUT2D eigenvalue weighted by Gasteiger charge is -2.36. The molecular weight excluding hydrogens is 314 g/mol. The molecule has 5 heteroatoms. The first-order valence-electron chi connectivity index (χ1n) is 8.84. The highest BCUT2D eigenvalue weighted by Gasteiger charge is 2.20. The summed E-state index contributed by atoms with van der Waals surface area (Å²) in [6.45, 7) is 5.92. The largest absolute Gasteiger partial charge is 0.494 e. The highest BCUT2D eigenvalue weighted by molar-refractivity contribution is 5.76. The second-order valence-corrected chi connectivity index (χ2v) is 6.34. The lowest BCUT2D eigenvalue weighted by atomic mass is 10.2. The SMILES string of the molecule is Cc1cccc(OCCCC(=O)N2CCN(c3ccncc3)CC2)c1. The molecule has 0 unspecified atom stereocenters. The molecule has 1 saturated heterocycles. The third kappa shape index (κ3) is 4.95. The fourth-order valence-corrected chi connectivity index (χ4v) is 3.05. The van der Waals surface area contributed by atoms with Gasteiger partial charge in [-0.15, -0.1) is 0 Å². The molecule has 1 aliphatic heterocycles. The van der Waals surface area contributed by atoms with Crippen LogP contribution in [0.15, 0.2) is 48.8 Å². The van der Waals surface area contributed by atoms with E-state index in [0.717, 1.165) is 38.3 Å². The number of amides is 1. The second kappa shape index (κ2) is 8.51. The predicted octanol–water partition coefficient (Wildman–Crippen LogP) is 2.90. The van der Waals surface area contributed by atoms with Gasteiger partial charge in [0.15, 0.2) is 0 Å². The number of ether oxygens (including phenoxy) is 1. The van der Waals surface area contributed by atoms with Gasteiger partial charge in [-0.25, -0.2) is 0 Å². The number of rotatable bonds is 6. The highest BCUT2D eigenvalue weighted by Crippen LogP contribution is 2.16. The molecule has 2 aromatic rings. The van der Waals surface area contributed by atoms with Crippen molar-refractivity contribution in [3.8, 4) is 5.75 Å². The molecule has 1 aromatic carbocycles. The van der Waals surface area contributed by atoms with Crippen molar-refractivity contribution in [2.45, 2.75) is 19.8 Å². The zero-order valence-corrected chi connectivity index (χ0v) is 14.7. The van der Waals surface area contributed by atoms with Crippen LogP contribution in [0.3, 0.4) is 0 Å². The predicted molar refractivity (Wildman–Crippen MR) is 98.9 cm³/mol. The number of hydrogen-bond donors (Lipinski definition) is 0. The first-order valence-corrected chi connectivity index (χ1v) is 8.84. The third-order valence-electron chi connectivity index (χ3n) is 4.45. The average molecular weight is 339 g/mol. The number of benzene rings is 1. The number of hydrogen-bond acceptors (Lipinski definition) is 4. The van der Waals surface area contributed by atoms with Crippen molar-refractivity contribution >= 4 is 11.6 Å². The summed E-state index contributed by atoms with van der Waals surface area (Å²) < 4.78 is 5.71. The van der Waals surface area contributed by atoms with Crippen molar-refractivity contribution in [2.24, 2.45) is 0 Å². The van der Waals surface area contributed by atoms with Crippen LogP contribution in [0.5, 0.6) is 5.75 Å². The molecule has 1 aliphatic rings. The summed E-state index contributed by atoms with van der Waals surface area (Å²) in [4.78, 5) is 20.7. The van der Waals surface area contributed by atoms with Gasteiger partial charge in [-0.3, -0.25) is 9.78 Å². The smallest absolute Gasteiger partial charge is 0.222 e. The van der Waals surface area contributed by atoms with Gasteiger partial charge in [0.2, 0.25) is 5.91 Å². The maximum atomic E-state index is 12.3. The summed E-state index contributed by atoms with van der Waals surface area (Å²) in [7, 11) is 0. The third-order valence-corrected chi connectivity index (χ3v) is 4.45. The first-order chi connectivity index (χ1) is 12.2. The van der Waals surface area contributed by atoms with Gasteiger partial charge in [0.05, 0.1) is 6.61 Å². The molecule has 0 radical (unpaired) electrons. The summed E-state index contributed by atoms with van der Waals surface area (Å²) in [5.74, 6) is 1.10. The van der Waals surface area contributed by atoms with E-state index < -0.39 is 0 Å². The molecule has 25 heavy (non-hydrogen) atoms. The Balaban J connectivity index is 1.37. The Hall–Kier alpha value is -2.56. The van der Waals surface area contributed by atoms with E-state index in [1.165, 1.54) is 11.3 Å². The van der Waals surface area contributed by atoms with E-state index in [9.17, 15) is 4.79 Å². The van der Waals surface area contributed by atoms with Crippen molar-refractivity contribution in [3.63, 3.8) is 0 Å². The number of nitrogens with zero attached hydrogens (tertiary/aromatic N) is 3. The Kier molecular flexibility index (Phi) is 5.88. The van der Waals surface area contributed by atoms with Crippen LogP contribution < -0.4 is 9.64 Å². The molecule has 2 heterocycles. The van der Waals surface area contributed by atoms with Crippen LogP contribution in [-0.4, -0.2) is 48.6 Å². The number of anilines is 1. The molecule has 1 fully saturated rings. The summed E-state index contributed by atoms with van der Waals surface area (Å²) in [5, 5.41) is 0. The fraction of sp³-hybridized carbons (Fsp3) is 0.400. The van der Waals surface area contributed by atoms with Crippen molar-refractivity contribution in [3.05, 3.63) is 54.4 Å². The number of carbonyl (C=O) groups excluding carboxylic acids is 1. The van der Waals surface area contributed by atoms with Crippen LogP contribution in [0, 0.1) is 6.92 Å². The Morgan fingerprint density at radius 3 is 2.60 bits per heavy atom. The highest BCUT2D eigenvalue weighted by atomic mass is 16.5. The van der Waals surface area contributed by atoms with E-state index in [-0.39, 0.29) is 5.91 Å². The zero-order valence-electron chi connectivity index (χ0n) is 14.7. The van der Waals surface area contributed by atoms with Gasteiger partial charge in [-0.1, -0.05) is 12.1 Å². The molecular formula is C20H25N3O2. The zero-order chi connectivity index (χ0) is 17.5. The van der Waals surface area contributed by atoms with Gasteiger partial charge in [0, 0.05) is 50.7 Å². The molecule has 0 spiro atoms. The Bertz CT molecular complexity index is 682. The monoisotopic (exact) mass is 339 g/mol. The van der Waals surface area contributed by atoms with Crippen molar-refractivity contribution in [1.82, 2.24) is 9.88 Å². The lowest BCUT2D eigenvalue weighted by Crippen LogP contribution is -2.48. The van der Waals surface area contributed by atoms with E-state index in [1.54, 1.807) is 12.4 Å². The lowest BCUT2D eigenvalue weighted by molar-refractivity contribution is -0.131.